The Bertz CT molecular complexity index is 366. The van der Waals surface area contributed by atoms with Gasteiger partial charge in [0.25, 0.3) is 0 Å². The number of carbonyl (C=O) groups is 1. The molecule has 0 bridgehead atoms. The van der Waals surface area contributed by atoms with Gasteiger partial charge in [-0.05, 0) is 24.8 Å². The minimum atomic E-state index is 0.203. The highest BCUT2D eigenvalue weighted by Gasteiger charge is 2.38. The minimum absolute atomic E-state index is 0.203. The van der Waals surface area contributed by atoms with Gasteiger partial charge in [0.2, 0.25) is 5.91 Å². The van der Waals surface area contributed by atoms with Crippen molar-refractivity contribution >= 4 is 21.8 Å². The molecule has 2 atom stereocenters. The first kappa shape index (κ1) is 12.6. The van der Waals surface area contributed by atoms with Crippen molar-refractivity contribution in [2.45, 2.75) is 37.6 Å². The number of hydrogen-bond acceptors (Lipinski definition) is 1. The van der Waals surface area contributed by atoms with E-state index in [1.54, 1.807) is 0 Å². The molecular formula is C14H18BrNO. The maximum absolute atomic E-state index is 11.6. The molecule has 1 amide bonds. The van der Waals surface area contributed by atoms with E-state index in [0.29, 0.717) is 18.4 Å². The van der Waals surface area contributed by atoms with Crippen molar-refractivity contribution in [2.24, 2.45) is 0 Å². The van der Waals surface area contributed by atoms with E-state index >= 15 is 0 Å². The Labute approximate surface area is 111 Å². The second-order valence-electron chi connectivity index (χ2n) is 4.57. The molecular weight excluding hydrogens is 278 g/mol. The van der Waals surface area contributed by atoms with Gasteiger partial charge in [0, 0.05) is 23.7 Å². The quantitative estimate of drug-likeness (QED) is 0.634. The van der Waals surface area contributed by atoms with Crippen LogP contribution in [0.2, 0.25) is 0 Å². The van der Waals surface area contributed by atoms with Crippen LogP contribution in [-0.4, -0.2) is 17.3 Å². The average molecular weight is 296 g/mol. The monoisotopic (exact) mass is 295 g/mol. The molecule has 0 spiro atoms. The Morgan fingerprint density at radius 3 is 2.76 bits per heavy atom. The maximum Gasteiger partial charge on any atom is 0.220 e. The summed E-state index contributed by atoms with van der Waals surface area (Å²) in [7, 11) is 0. The van der Waals surface area contributed by atoms with Crippen molar-refractivity contribution in [3.05, 3.63) is 35.9 Å². The molecule has 1 N–H and O–H groups in total. The minimum Gasteiger partial charge on any atom is -0.353 e. The summed E-state index contributed by atoms with van der Waals surface area (Å²) >= 11 is 3.37. The van der Waals surface area contributed by atoms with Gasteiger partial charge in [0.05, 0.1) is 0 Å². The summed E-state index contributed by atoms with van der Waals surface area (Å²) in [6.45, 7) is 0. The molecule has 1 aliphatic carbocycles. The van der Waals surface area contributed by atoms with E-state index in [1.165, 1.54) is 5.56 Å². The second kappa shape index (κ2) is 6.20. The first-order valence-corrected chi connectivity index (χ1v) is 7.33. The van der Waals surface area contributed by atoms with Gasteiger partial charge < -0.3 is 5.32 Å². The van der Waals surface area contributed by atoms with E-state index in [2.05, 4.69) is 45.5 Å². The van der Waals surface area contributed by atoms with Crippen molar-refractivity contribution in [1.82, 2.24) is 5.32 Å². The van der Waals surface area contributed by atoms with Crippen LogP contribution in [0.3, 0.4) is 0 Å². The summed E-state index contributed by atoms with van der Waals surface area (Å²) in [5.41, 5.74) is 1.35. The van der Waals surface area contributed by atoms with Gasteiger partial charge in [-0.1, -0.05) is 46.3 Å². The third kappa shape index (κ3) is 3.84. The molecule has 0 aliphatic heterocycles. The van der Waals surface area contributed by atoms with Gasteiger partial charge >= 0.3 is 0 Å². The number of nitrogens with one attached hydrogen (secondary N) is 1. The fraction of sp³-hybridized carbons (Fsp3) is 0.500. The zero-order valence-corrected chi connectivity index (χ0v) is 11.4. The predicted molar refractivity (Wildman–Crippen MR) is 73.4 cm³/mol. The highest BCUT2D eigenvalue weighted by Crippen LogP contribution is 2.40. The molecule has 0 saturated heterocycles. The van der Waals surface area contributed by atoms with Crippen LogP contribution in [0.4, 0.5) is 0 Å². The van der Waals surface area contributed by atoms with Crippen molar-refractivity contribution < 1.29 is 4.79 Å². The Kier molecular flexibility index (Phi) is 4.60. The zero-order chi connectivity index (χ0) is 12.1. The maximum atomic E-state index is 11.6. The lowest BCUT2D eigenvalue weighted by molar-refractivity contribution is -0.121. The number of hydrogen-bond donors (Lipinski definition) is 1. The summed E-state index contributed by atoms with van der Waals surface area (Å²) in [6.07, 6.45) is 3.79. The number of alkyl halides is 1. The van der Waals surface area contributed by atoms with E-state index in [0.717, 1.165) is 24.6 Å². The van der Waals surface area contributed by atoms with E-state index in [4.69, 9.17) is 0 Å². The van der Waals surface area contributed by atoms with Gasteiger partial charge in [-0.3, -0.25) is 4.79 Å². The molecule has 2 unspecified atom stereocenters. The summed E-state index contributed by atoms with van der Waals surface area (Å²) < 4.78 is 0. The lowest BCUT2D eigenvalue weighted by Gasteiger charge is -2.04. The Hall–Kier alpha value is -0.830. The molecule has 2 nitrogen and oxygen atoms in total. The van der Waals surface area contributed by atoms with Crippen LogP contribution in [0.5, 0.6) is 0 Å². The normalized spacial score (nSPS) is 22.2. The summed E-state index contributed by atoms with van der Waals surface area (Å²) in [4.78, 5) is 11.6. The molecule has 0 heterocycles. The van der Waals surface area contributed by atoms with Crippen molar-refractivity contribution in [3.8, 4) is 0 Å². The lowest BCUT2D eigenvalue weighted by Crippen LogP contribution is -2.26. The average Bonchev–Trinajstić information content (AvgIpc) is 3.10. The van der Waals surface area contributed by atoms with Crippen LogP contribution < -0.4 is 5.32 Å². The number of rotatable bonds is 6. The fourth-order valence-corrected chi connectivity index (χ4v) is 2.48. The van der Waals surface area contributed by atoms with Gasteiger partial charge in [-0.2, -0.15) is 0 Å². The first-order valence-electron chi connectivity index (χ1n) is 6.21. The van der Waals surface area contributed by atoms with E-state index in [9.17, 15) is 4.79 Å². The molecule has 17 heavy (non-hydrogen) atoms. The molecule has 1 aromatic carbocycles. The molecule has 1 aromatic rings. The molecule has 0 radical (unpaired) electrons. The van der Waals surface area contributed by atoms with Crippen molar-refractivity contribution in [3.63, 3.8) is 0 Å². The van der Waals surface area contributed by atoms with Crippen LogP contribution in [0.1, 0.15) is 37.2 Å². The lowest BCUT2D eigenvalue weighted by atomic mass is 10.1. The third-order valence-electron chi connectivity index (χ3n) is 3.15. The topological polar surface area (TPSA) is 29.1 Å². The smallest absolute Gasteiger partial charge is 0.220 e. The number of unbranched alkanes of at least 4 members (excludes halogenated alkanes) is 1. The second-order valence-corrected chi connectivity index (χ2v) is 5.37. The van der Waals surface area contributed by atoms with Gasteiger partial charge in [-0.15, -0.1) is 0 Å². The number of halogens is 1. The Morgan fingerprint density at radius 2 is 2.06 bits per heavy atom. The third-order valence-corrected chi connectivity index (χ3v) is 3.71. The van der Waals surface area contributed by atoms with Gasteiger partial charge in [0.1, 0.15) is 0 Å². The number of benzene rings is 1. The number of amides is 1. The predicted octanol–water partition coefficient (Wildman–Crippen LogP) is 3.22. The van der Waals surface area contributed by atoms with Gasteiger partial charge in [0.15, 0.2) is 0 Å². The van der Waals surface area contributed by atoms with Crippen LogP contribution in [0.15, 0.2) is 30.3 Å². The van der Waals surface area contributed by atoms with Crippen LogP contribution in [0.25, 0.3) is 0 Å². The number of carbonyl (C=O) groups excluding carboxylic acids is 1. The molecule has 0 aromatic heterocycles. The Morgan fingerprint density at radius 1 is 1.29 bits per heavy atom. The van der Waals surface area contributed by atoms with Crippen molar-refractivity contribution in [1.29, 1.82) is 0 Å². The standard InChI is InChI=1S/C14H18BrNO/c15-9-5-4-8-14(17)16-13-10-12(13)11-6-2-1-3-7-11/h1-3,6-7,12-13H,4-5,8-10H2,(H,16,17). The summed E-state index contributed by atoms with van der Waals surface area (Å²) in [5, 5.41) is 4.09. The molecule has 2 rings (SSSR count). The molecule has 1 fully saturated rings. The largest absolute Gasteiger partial charge is 0.353 e. The fourth-order valence-electron chi connectivity index (χ4n) is 2.08. The highest BCUT2D eigenvalue weighted by atomic mass is 79.9. The summed E-state index contributed by atoms with van der Waals surface area (Å²) in [6, 6.07) is 10.8. The van der Waals surface area contributed by atoms with Crippen LogP contribution in [-0.2, 0) is 4.79 Å². The van der Waals surface area contributed by atoms with Gasteiger partial charge in [-0.25, -0.2) is 0 Å². The zero-order valence-electron chi connectivity index (χ0n) is 9.86. The molecule has 1 saturated carbocycles. The van der Waals surface area contributed by atoms with E-state index < -0.39 is 0 Å². The highest BCUT2D eigenvalue weighted by molar-refractivity contribution is 9.09. The van der Waals surface area contributed by atoms with E-state index in [-0.39, 0.29) is 5.91 Å². The van der Waals surface area contributed by atoms with E-state index in [1.807, 2.05) is 6.07 Å². The molecule has 1 aliphatic rings. The molecule has 3 heteroatoms. The van der Waals surface area contributed by atoms with Crippen LogP contribution >= 0.6 is 15.9 Å². The molecule has 92 valence electrons. The van der Waals surface area contributed by atoms with Crippen LogP contribution in [0, 0.1) is 0 Å². The van der Waals surface area contributed by atoms with Crippen molar-refractivity contribution in [2.75, 3.05) is 5.33 Å². The SMILES string of the molecule is O=C(CCCCBr)NC1CC1c1ccccc1. The summed E-state index contributed by atoms with van der Waals surface area (Å²) in [5.74, 6) is 0.741. The Balaban J connectivity index is 1.71. The first-order chi connectivity index (χ1) is 8.31.